The number of hydrogen-bond donors (Lipinski definition) is 3. The van der Waals surface area contributed by atoms with Gasteiger partial charge < -0.3 is 20.3 Å². The van der Waals surface area contributed by atoms with Crippen LogP contribution in [0.25, 0.3) is 11.4 Å². The Morgan fingerprint density at radius 1 is 1.27 bits per heavy atom. The van der Waals surface area contributed by atoms with Crippen LogP contribution in [0.2, 0.25) is 0 Å². The summed E-state index contributed by atoms with van der Waals surface area (Å²) in [5.74, 6) is -1.41. The van der Waals surface area contributed by atoms with Gasteiger partial charge in [-0.05, 0) is 31.9 Å². The third kappa shape index (κ3) is 4.06. The van der Waals surface area contributed by atoms with Gasteiger partial charge in [0.1, 0.15) is 4.88 Å². The van der Waals surface area contributed by atoms with E-state index in [1.165, 1.54) is 6.39 Å². The number of thiazole rings is 1. The fourth-order valence-corrected chi connectivity index (χ4v) is 3.98. The maximum atomic E-state index is 12.5. The van der Waals surface area contributed by atoms with Gasteiger partial charge in [-0.3, -0.25) is 9.59 Å². The summed E-state index contributed by atoms with van der Waals surface area (Å²) in [7, 11) is 0. The molecule has 2 amide bonds. The summed E-state index contributed by atoms with van der Waals surface area (Å²) in [6, 6.07) is 6.76. The minimum Gasteiger partial charge on any atom is -0.477 e. The van der Waals surface area contributed by atoms with Crippen LogP contribution in [0.3, 0.4) is 0 Å². The lowest BCUT2D eigenvalue weighted by molar-refractivity contribution is -0.122. The van der Waals surface area contributed by atoms with Crippen LogP contribution in [-0.2, 0) is 4.79 Å². The maximum Gasteiger partial charge on any atom is 0.347 e. The molecule has 1 fully saturated rings. The van der Waals surface area contributed by atoms with Crippen molar-refractivity contribution in [1.29, 1.82) is 0 Å². The molecular formula is C19H17N5O5S. The third-order valence-corrected chi connectivity index (χ3v) is 5.87. The SMILES string of the molecule is Cc1nc(NC(=O)C2CC(NC(=O)c3cccc(-c4ncon4)c3)C2)sc1C(=O)O. The van der Waals surface area contributed by atoms with Gasteiger partial charge in [-0.15, -0.1) is 0 Å². The standard InChI is InChI=1S/C19H17N5O5S/c1-9-14(18(27)28)30-19(21-9)23-17(26)12-6-13(7-12)22-16(25)11-4-2-3-10(5-11)15-20-8-29-24-15/h2-5,8,12-13H,6-7H2,1H3,(H,22,25)(H,27,28)(H,21,23,26). The number of nitrogens with one attached hydrogen (secondary N) is 2. The molecule has 3 N–H and O–H groups in total. The molecule has 0 saturated heterocycles. The molecule has 0 bridgehead atoms. The maximum absolute atomic E-state index is 12.5. The number of carbonyl (C=O) groups excluding carboxylic acids is 2. The second-order valence-corrected chi connectivity index (χ2v) is 7.90. The van der Waals surface area contributed by atoms with E-state index in [1.807, 2.05) is 0 Å². The van der Waals surface area contributed by atoms with Crippen molar-refractivity contribution in [1.82, 2.24) is 20.4 Å². The van der Waals surface area contributed by atoms with Crippen LogP contribution in [0.1, 0.15) is 38.6 Å². The molecule has 154 valence electrons. The molecule has 0 spiro atoms. The van der Waals surface area contributed by atoms with Crippen molar-refractivity contribution in [3.63, 3.8) is 0 Å². The largest absolute Gasteiger partial charge is 0.477 e. The van der Waals surface area contributed by atoms with E-state index in [9.17, 15) is 14.4 Å². The first-order chi connectivity index (χ1) is 14.4. The number of aryl methyl sites for hydroxylation is 1. The van der Waals surface area contributed by atoms with Crippen molar-refractivity contribution in [2.45, 2.75) is 25.8 Å². The minimum absolute atomic E-state index is 0.104. The zero-order valence-electron chi connectivity index (χ0n) is 15.8. The fraction of sp³-hybridized carbons (Fsp3) is 0.263. The van der Waals surface area contributed by atoms with E-state index in [2.05, 4.69) is 25.8 Å². The molecule has 4 rings (SSSR count). The Hall–Kier alpha value is -3.60. The summed E-state index contributed by atoms with van der Waals surface area (Å²) >= 11 is 0.928. The van der Waals surface area contributed by atoms with E-state index in [1.54, 1.807) is 31.2 Å². The molecule has 0 atom stereocenters. The van der Waals surface area contributed by atoms with Crippen LogP contribution in [0.15, 0.2) is 35.2 Å². The second kappa shape index (κ2) is 8.03. The van der Waals surface area contributed by atoms with Gasteiger partial charge in [0.2, 0.25) is 18.1 Å². The molecule has 10 nitrogen and oxygen atoms in total. The predicted octanol–water partition coefficient (Wildman–Crippen LogP) is 2.35. The normalized spacial score (nSPS) is 17.8. The Morgan fingerprint density at radius 3 is 2.73 bits per heavy atom. The van der Waals surface area contributed by atoms with Crippen molar-refractivity contribution in [2.75, 3.05) is 5.32 Å². The van der Waals surface area contributed by atoms with Gasteiger partial charge in [-0.25, -0.2) is 9.78 Å². The van der Waals surface area contributed by atoms with E-state index >= 15 is 0 Å². The van der Waals surface area contributed by atoms with E-state index in [0.717, 1.165) is 11.3 Å². The van der Waals surface area contributed by atoms with E-state index in [0.29, 0.717) is 35.5 Å². The van der Waals surface area contributed by atoms with Crippen molar-refractivity contribution in [2.24, 2.45) is 5.92 Å². The van der Waals surface area contributed by atoms with Gasteiger partial charge in [0.15, 0.2) is 5.13 Å². The number of rotatable bonds is 6. The molecule has 2 aromatic heterocycles. The first kappa shape index (κ1) is 19.7. The van der Waals surface area contributed by atoms with E-state index in [-0.39, 0.29) is 33.8 Å². The highest BCUT2D eigenvalue weighted by Gasteiger charge is 2.36. The molecule has 2 heterocycles. The zero-order valence-corrected chi connectivity index (χ0v) is 16.6. The molecule has 1 aliphatic rings. The number of aromatic carboxylic acids is 1. The number of carboxylic acid groups (broad SMARTS) is 1. The summed E-state index contributed by atoms with van der Waals surface area (Å²) in [5, 5.41) is 18.7. The molecule has 3 aromatic rings. The highest BCUT2D eigenvalue weighted by Crippen LogP contribution is 2.30. The summed E-state index contributed by atoms with van der Waals surface area (Å²) in [5.41, 5.74) is 1.50. The topological polar surface area (TPSA) is 147 Å². The Kier molecular flexibility index (Phi) is 5.27. The van der Waals surface area contributed by atoms with E-state index in [4.69, 9.17) is 9.63 Å². The van der Waals surface area contributed by atoms with Crippen molar-refractivity contribution < 1.29 is 24.0 Å². The smallest absolute Gasteiger partial charge is 0.347 e. The number of hydrogen-bond acceptors (Lipinski definition) is 8. The second-order valence-electron chi connectivity index (χ2n) is 6.90. The number of benzene rings is 1. The minimum atomic E-state index is -1.07. The number of amides is 2. The van der Waals surface area contributed by atoms with Gasteiger partial charge in [0, 0.05) is 23.1 Å². The van der Waals surface area contributed by atoms with Gasteiger partial charge >= 0.3 is 5.97 Å². The van der Waals surface area contributed by atoms with Gasteiger partial charge in [-0.2, -0.15) is 4.98 Å². The van der Waals surface area contributed by atoms with Crippen molar-refractivity contribution in [3.05, 3.63) is 46.8 Å². The summed E-state index contributed by atoms with van der Waals surface area (Å²) < 4.78 is 4.72. The summed E-state index contributed by atoms with van der Waals surface area (Å²) in [4.78, 5) is 44.1. The first-order valence-corrected chi connectivity index (χ1v) is 9.91. The molecule has 30 heavy (non-hydrogen) atoms. The van der Waals surface area contributed by atoms with Crippen LogP contribution in [0.5, 0.6) is 0 Å². The van der Waals surface area contributed by atoms with E-state index < -0.39 is 5.97 Å². The lowest BCUT2D eigenvalue weighted by Crippen LogP contribution is -2.48. The Balaban J connectivity index is 1.30. The van der Waals surface area contributed by atoms with Gasteiger partial charge in [0.05, 0.1) is 5.69 Å². The Bertz CT molecular complexity index is 1100. The Labute approximate surface area is 174 Å². The lowest BCUT2D eigenvalue weighted by Gasteiger charge is -2.34. The third-order valence-electron chi connectivity index (χ3n) is 4.81. The monoisotopic (exact) mass is 427 g/mol. The molecule has 1 saturated carbocycles. The van der Waals surface area contributed by atoms with Crippen LogP contribution in [0.4, 0.5) is 5.13 Å². The van der Waals surface area contributed by atoms with Crippen molar-refractivity contribution >= 4 is 34.3 Å². The molecule has 0 unspecified atom stereocenters. The van der Waals surface area contributed by atoms with Crippen molar-refractivity contribution in [3.8, 4) is 11.4 Å². The van der Waals surface area contributed by atoms with Crippen LogP contribution in [0, 0.1) is 12.8 Å². The molecule has 1 aliphatic carbocycles. The first-order valence-electron chi connectivity index (χ1n) is 9.10. The average Bonchev–Trinajstić information content (AvgIpc) is 3.34. The number of carbonyl (C=O) groups is 3. The predicted molar refractivity (Wildman–Crippen MR) is 106 cm³/mol. The highest BCUT2D eigenvalue weighted by molar-refractivity contribution is 7.17. The molecule has 11 heteroatoms. The highest BCUT2D eigenvalue weighted by atomic mass is 32.1. The van der Waals surface area contributed by atoms with Crippen LogP contribution >= 0.6 is 11.3 Å². The summed E-state index contributed by atoms with van der Waals surface area (Å²) in [6.07, 6.45) is 2.22. The molecule has 0 radical (unpaired) electrons. The van der Waals surface area contributed by atoms with Crippen LogP contribution in [-0.4, -0.2) is 44.1 Å². The Morgan fingerprint density at radius 2 is 2.07 bits per heavy atom. The molecule has 1 aromatic carbocycles. The van der Waals surface area contributed by atoms with Crippen LogP contribution < -0.4 is 10.6 Å². The average molecular weight is 427 g/mol. The number of nitrogens with zero attached hydrogens (tertiary/aromatic N) is 3. The zero-order chi connectivity index (χ0) is 21.3. The number of anilines is 1. The number of aromatic nitrogens is 3. The van der Waals surface area contributed by atoms with Gasteiger partial charge in [-0.1, -0.05) is 28.6 Å². The molecule has 0 aliphatic heterocycles. The summed E-state index contributed by atoms with van der Waals surface area (Å²) in [6.45, 7) is 1.58. The lowest BCUT2D eigenvalue weighted by atomic mass is 9.79. The number of carboxylic acids is 1. The van der Waals surface area contributed by atoms with Gasteiger partial charge in [0.25, 0.3) is 5.91 Å². The fourth-order valence-electron chi connectivity index (χ4n) is 3.17. The molecular weight excluding hydrogens is 410 g/mol. The quantitative estimate of drug-likeness (QED) is 0.543.